The van der Waals surface area contributed by atoms with Gasteiger partial charge in [0.05, 0.1) is 23.4 Å². The fraction of sp³-hybridized carbons (Fsp3) is 0.360. The minimum absolute atomic E-state index is 0.148. The van der Waals surface area contributed by atoms with Crippen molar-refractivity contribution < 1.29 is 19.2 Å². The zero-order chi connectivity index (χ0) is 22.0. The summed E-state index contributed by atoms with van der Waals surface area (Å²) < 4.78 is 0. The van der Waals surface area contributed by atoms with Crippen LogP contribution in [0, 0.1) is 25.7 Å². The Morgan fingerprint density at radius 2 is 1.48 bits per heavy atom. The summed E-state index contributed by atoms with van der Waals surface area (Å²) in [6, 6.07) is 13.2. The molecule has 2 saturated heterocycles. The van der Waals surface area contributed by atoms with E-state index < -0.39 is 17.8 Å². The van der Waals surface area contributed by atoms with E-state index in [4.69, 9.17) is 0 Å². The van der Waals surface area contributed by atoms with E-state index >= 15 is 0 Å². The van der Waals surface area contributed by atoms with E-state index in [1.54, 1.807) is 0 Å². The number of likely N-dealkylation sites (tertiary alicyclic amines) is 1. The molecule has 2 aromatic carbocycles. The zero-order valence-corrected chi connectivity index (χ0v) is 17.8. The lowest BCUT2D eigenvalue weighted by atomic mass is 9.67. The highest BCUT2D eigenvalue weighted by atomic mass is 16.2. The van der Waals surface area contributed by atoms with E-state index in [0.29, 0.717) is 12.1 Å². The van der Waals surface area contributed by atoms with Crippen molar-refractivity contribution in [1.29, 1.82) is 0 Å². The molecule has 0 bridgehead atoms. The lowest BCUT2D eigenvalue weighted by Crippen LogP contribution is -2.33. The Morgan fingerprint density at radius 1 is 0.774 bits per heavy atom. The molecule has 2 aromatic rings. The van der Waals surface area contributed by atoms with Gasteiger partial charge in [-0.3, -0.25) is 24.1 Å². The third-order valence-electron chi connectivity index (χ3n) is 7.32. The maximum atomic E-state index is 13.5. The van der Waals surface area contributed by atoms with Gasteiger partial charge in [-0.2, -0.15) is 0 Å². The predicted molar refractivity (Wildman–Crippen MR) is 114 cm³/mol. The zero-order valence-electron chi connectivity index (χ0n) is 17.8. The largest absolute Gasteiger partial charge is 0.285 e. The maximum Gasteiger partial charge on any atom is 0.242 e. The summed E-state index contributed by atoms with van der Waals surface area (Å²) in [5.41, 5.74) is 4.42. The highest BCUT2D eigenvalue weighted by molar-refractivity contribution is 6.24. The first-order valence-corrected chi connectivity index (χ1v) is 10.6. The van der Waals surface area contributed by atoms with Gasteiger partial charge in [0.1, 0.15) is 0 Å². The number of imide groups is 2. The van der Waals surface area contributed by atoms with Crippen molar-refractivity contribution in [2.75, 3.05) is 11.9 Å². The van der Waals surface area contributed by atoms with Crippen LogP contribution in [0.4, 0.5) is 5.69 Å². The molecular formula is C25H24N2O4. The van der Waals surface area contributed by atoms with Crippen LogP contribution < -0.4 is 4.90 Å². The minimum Gasteiger partial charge on any atom is -0.285 e. The number of hydrogen-bond acceptors (Lipinski definition) is 4. The van der Waals surface area contributed by atoms with E-state index in [1.165, 1.54) is 16.8 Å². The topological polar surface area (TPSA) is 74.8 Å². The third kappa shape index (κ3) is 2.77. The van der Waals surface area contributed by atoms with Crippen LogP contribution in [0.15, 0.2) is 42.5 Å². The van der Waals surface area contributed by atoms with Crippen molar-refractivity contribution in [3.63, 3.8) is 0 Å². The molecule has 1 aliphatic carbocycles. The molecule has 158 valence electrons. The van der Waals surface area contributed by atoms with E-state index in [9.17, 15) is 19.2 Å². The van der Waals surface area contributed by atoms with E-state index in [2.05, 4.69) is 0 Å². The smallest absolute Gasteiger partial charge is 0.242 e. The first-order chi connectivity index (χ1) is 14.8. The van der Waals surface area contributed by atoms with Crippen molar-refractivity contribution in [2.45, 2.75) is 38.5 Å². The molecule has 4 unspecified atom stereocenters. The standard InChI is InChI=1S/C25H24N2O4/c1-13-8-9-15(10-14(13)2)27-24(30)20-11-18(19-12-21(28)26(3)23(19)29)16-6-4-5-7-17(16)22(20)25(27)31/h4-10,18-20,22H,11-12H2,1-3H3. The molecule has 31 heavy (non-hydrogen) atoms. The highest BCUT2D eigenvalue weighted by Crippen LogP contribution is 2.52. The van der Waals surface area contributed by atoms with Crippen molar-refractivity contribution >= 4 is 29.3 Å². The van der Waals surface area contributed by atoms with Crippen LogP contribution in [0.1, 0.15) is 46.9 Å². The first kappa shape index (κ1) is 19.7. The number of aryl methyl sites for hydroxylation is 2. The van der Waals surface area contributed by atoms with Gasteiger partial charge in [-0.15, -0.1) is 0 Å². The Balaban J connectivity index is 1.58. The van der Waals surface area contributed by atoms with Gasteiger partial charge in [-0.25, -0.2) is 4.90 Å². The fourth-order valence-corrected chi connectivity index (χ4v) is 5.45. The molecule has 2 heterocycles. The molecule has 0 saturated carbocycles. The molecule has 2 aliphatic heterocycles. The fourth-order valence-electron chi connectivity index (χ4n) is 5.45. The van der Waals surface area contributed by atoms with Gasteiger partial charge in [0, 0.05) is 13.5 Å². The van der Waals surface area contributed by atoms with Crippen LogP contribution in [-0.4, -0.2) is 35.6 Å². The number of fused-ring (bicyclic) bond motifs is 3. The van der Waals surface area contributed by atoms with Crippen LogP contribution in [0.5, 0.6) is 0 Å². The number of carbonyl (C=O) groups excluding carboxylic acids is 4. The summed E-state index contributed by atoms with van der Waals surface area (Å²) in [4.78, 5) is 54.4. The van der Waals surface area contributed by atoms with E-state index in [1.807, 2.05) is 56.3 Å². The number of nitrogens with zero attached hydrogens (tertiary/aromatic N) is 2. The van der Waals surface area contributed by atoms with Gasteiger partial charge in [0.15, 0.2) is 0 Å². The number of benzene rings is 2. The lowest BCUT2D eigenvalue weighted by Gasteiger charge is -2.34. The molecule has 6 nitrogen and oxygen atoms in total. The molecule has 5 rings (SSSR count). The molecule has 6 heteroatoms. The number of rotatable bonds is 2. The monoisotopic (exact) mass is 416 g/mol. The molecular weight excluding hydrogens is 392 g/mol. The average molecular weight is 416 g/mol. The van der Waals surface area contributed by atoms with Gasteiger partial charge in [-0.1, -0.05) is 30.3 Å². The van der Waals surface area contributed by atoms with Gasteiger partial charge >= 0.3 is 0 Å². The summed E-state index contributed by atoms with van der Waals surface area (Å²) in [7, 11) is 1.51. The Morgan fingerprint density at radius 3 is 2.13 bits per heavy atom. The Hall–Kier alpha value is -3.28. The van der Waals surface area contributed by atoms with Gasteiger partial charge in [0.25, 0.3) is 0 Å². The lowest BCUT2D eigenvalue weighted by molar-refractivity contribution is -0.138. The molecule has 4 atom stereocenters. The van der Waals surface area contributed by atoms with E-state index in [0.717, 1.165) is 22.3 Å². The second-order valence-corrected chi connectivity index (χ2v) is 8.94. The third-order valence-corrected chi connectivity index (χ3v) is 7.32. The predicted octanol–water partition coefficient (Wildman–Crippen LogP) is 3.07. The average Bonchev–Trinajstić information content (AvgIpc) is 3.16. The minimum atomic E-state index is -0.550. The Bertz CT molecular complexity index is 1150. The van der Waals surface area contributed by atoms with Crippen molar-refractivity contribution in [1.82, 2.24) is 4.90 Å². The van der Waals surface area contributed by atoms with Crippen LogP contribution in [0.25, 0.3) is 0 Å². The van der Waals surface area contributed by atoms with Gasteiger partial charge in [-0.05, 0) is 60.6 Å². The Labute approximate surface area is 180 Å². The summed E-state index contributed by atoms with van der Waals surface area (Å²) in [6.45, 7) is 3.95. The maximum absolute atomic E-state index is 13.5. The normalized spacial score (nSPS) is 27.7. The number of amides is 4. The molecule has 0 aromatic heterocycles. The number of hydrogen-bond donors (Lipinski definition) is 0. The van der Waals surface area contributed by atoms with Gasteiger partial charge < -0.3 is 0 Å². The summed E-state index contributed by atoms with van der Waals surface area (Å²) in [5, 5.41) is 0. The summed E-state index contributed by atoms with van der Waals surface area (Å²) in [6.07, 6.45) is 0.542. The van der Waals surface area contributed by atoms with Crippen LogP contribution in [-0.2, 0) is 19.2 Å². The second-order valence-electron chi connectivity index (χ2n) is 8.94. The second kappa shape index (κ2) is 6.87. The molecule has 3 aliphatic rings. The van der Waals surface area contributed by atoms with E-state index in [-0.39, 0.29) is 36.0 Å². The summed E-state index contributed by atoms with van der Waals surface area (Å²) >= 11 is 0. The van der Waals surface area contributed by atoms with Gasteiger partial charge in [0.2, 0.25) is 23.6 Å². The molecule has 0 spiro atoms. The number of carbonyl (C=O) groups is 4. The first-order valence-electron chi connectivity index (χ1n) is 10.6. The molecule has 0 radical (unpaired) electrons. The van der Waals surface area contributed by atoms with Crippen molar-refractivity contribution in [3.8, 4) is 0 Å². The molecule has 0 N–H and O–H groups in total. The van der Waals surface area contributed by atoms with Crippen LogP contribution in [0.3, 0.4) is 0 Å². The SMILES string of the molecule is Cc1ccc(N2C(=O)C3CC(C4CC(=O)N(C)C4=O)c4ccccc4C3C2=O)cc1C. The molecule has 2 fully saturated rings. The van der Waals surface area contributed by atoms with Crippen molar-refractivity contribution in [2.24, 2.45) is 11.8 Å². The van der Waals surface area contributed by atoms with Crippen molar-refractivity contribution in [3.05, 3.63) is 64.7 Å². The summed E-state index contributed by atoms with van der Waals surface area (Å²) in [5.74, 6) is -2.65. The van der Waals surface area contributed by atoms with Crippen LogP contribution >= 0.6 is 0 Å². The quantitative estimate of drug-likeness (QED) is 0.705. The highest BCUT2D eigenvalue weighted by Gasteiger charge is 2.55. The van der Waals surface area contributed by atoms with Crippen LogP contribution in [0.2, 0.25) is 0 Å². The molecule has 4 amide bonds. The number of anilines is 1. The Kier molecular flexibility index (Phi) is 4.36.